The number of rotatable bonds is 5. The summed E-state index contributed by atoms with van der Waals surface area (Å²) in [6.07, 6.45) is 2.28. The van der Waals surface area contributed by atoms with Crippen molar-refractivity contribution in [1.82, 2.24) is 9.78 Å². The zero-order chi connectivity index (χ0) is 16.3. The van der Waals surface area contributed by atoms with E-state index >= 15 is 0 Å². The number of hydrogen-bond donors (Lipinski definition) is 2. The lowest BCUT2D eigenvalue weighted by molar-refractivity contribution is -0.383. The lowest BCUT2D eigenvalue weighted by Crippen LogP contribution is -2.19. The number of carbonyl (C=O) groups excluding carboxylic acids is 1. The summed E-state index contributed by atoms with van der Waals surface area (Å²) in [5.74, 6) is -1.76. The number of nitro benzene ring substituents is 1. The summed E-state index contributed by atoms with van der Waals surface area (Å²) in [4.78, 5) is 32.8. The molecule has 0 spiro atoms. The predicted molar refractivity (Wildman–Crippen MR) is 75.9 cm³/mol. The summed E-state index contributed by atoms with van der Waals surface area (Å²) in [7, 11) is 0. The molecule has 2 aromatic rings. The highest BCUT2D eigenvalue weighted by molar-refractivity contribution is 6.31. The Kier molecular flexibility index (Phi) is 4.37. The lowest BCUT2D eigenvalue weighted by atomic mass is 10.2. The van der Waals surface area contributed by atoms with Crippen molar-refractivity contribution < 1.29 is 19.6 Å². The van der Waals surface area contributed by atoms with Gasteiger partial charge in [0.1, 0.15) is 12.2 Å². The first kappa shape index (κ1) is 15.4. The van der Waals surface area contributed by atoms with Crippen molar-refractivity contribution >= 4 is 34.9 Å². The number of benzene rings is 1. The van der Waals surface area contributed by atoms with E-state index in [1.165, 1.54) is 18.3 Å². The molecule has 0 saturated carbocycles. The third kappa shape index (κ3) is 3.58. The highest BCUT2D eigenvalue weighted by Gasteiger charge is 2.17. The summed E-state index contributed by atoms with van der Waals surface area (Å²) in [5, 5.41) is 25.9. The quantitative estimate of drug-likeness (QED) is 0.637. The summed E-state index contributed by atoms with van der Waals surface area (Å²) in [5.41, 5.74) is -0.414. The zero-order valence-corrected chi connectivity index (χ0v) is 11.6. The Balaban J connectivity index is 2.12. The first-order valence-electron chi connectivity index (χ1n) is 5.86. The second kappa shape index (κ2) is 6.22. The number of anilines is 1. The molecule has 1 aromatic heterocycles. The van der Waals surface area contributed by atoms with Gasteiger partial charge in [-0.05, 0) is 12.1 Å². The number of carboxylic acid groups (broad SMARTS) is 1. The van der Waals surface area contributed by atoms with E-state index in [1.807, 2.05) is 0 Å². The summed E-state index contributed by atoms with van der Waals surface area (Å²) < 4.78 is 1.11. The van der Waals surface area contributed by atoms with Gasteiger partial charge in [0.15, 0.2) is 0 Å². The monoisotopic (exact) mass is 324 g/mol. The molecular weight excluding hydrogens is 316 g/mol. The van der Waals surface area contributed by atoms with Crippen LogP contribution in [0.3, 0.4) is 0 Å². The van der Waals surface area contributed by atoms with E-state index in [0.717, 1.165) is 16.9 Å². The Morgan fingerprint density at radius 1 is 1.45 bits per heavy atom. The van der Waals surface area contributed by atoms with Crippen molar-refractivity contribution in [3.8, 4) is 0 Å². The van der Waals surface area contributed by atoms with Crippen LogP contribution in [0.25, 0.3) is 0 Å². The molecular formula is C12H9ClN4O5. The molecule has 0 fully saturated rings. The second-order valence-electron chi connectivity index (χ2n) is 4.20. The second-order valence-corrected chi connectivity index (χ2v) is 4.63. The molecule has 0 bridgehead atoms. The fraction of sp³-hybridized carbons (Fsp3) is 0.0833. The minimum atomic E-state index is -1.17. The number of amides is 1. The molecule has 0 radical (unpaired) electrons. The van der Waals surface area contributed by atoms with Gasteiger partial charge in [-0.3, -0.25) is 19.6 Å². The molecule has 10 heteroatoms. The molecule has 9 nitrogen and oxygen atoms in total. The van der Waals surface area contributed by atoms with E-state index in [9.17, 15) is 19.7 Å². The number of halogens is 1. The minimum Gasteiger partial charge on any atom is -0.478 e. The van der Waals surface area contributed by atoms with E-state index in [2.05, 4.69) is 10.4 Å². The van der Waals surface area contributed by atoms with Gasteiger partial charge < -0.3 is 10.4 Å². The number of aromatic nitrogens is 2. The number of carbonyl (C=O) groups is 2. The van der Waals surface area contributed by atoms with Gasteiger partial charge in [-0.2, -0.15) is 5.10 Å². The standard InChI is InChI=1S/C12H9ClN4O5/c13-8-1-2-9(10(3-8)17(21)22)15-11(18)6-16-5-7(4-14-16)12(19)20/h1-5H,6H2,(H,15,18)(H,19,20). The summed E-state index contributed by atoms with van der Waals surface area (Å²) in [6.45, 7) is -0.285. The van der Waals surface area contributed by atoms with Crippen molar-refractivity contribution in [2.24, 2.45) is 0 Å². The average Bonchev–Trinajstić information content (AvgIpc) is 2.89. The van der Waals surface area contributed by atoms with Crippen LogP contribution in [0.5, 0.6) is 0 Å². The maximum atomic E-state index is 11.8. The third-order valence-corrected chi connectivity index (χ3v) is 2.85. The van der Waals surface area contributed by atoms with E-state index in [-0.39, 0.29) is 28.5 Å². The number of nitrogens with one attached hydrogen (secondary N) is 1. The maximum absolute atomic E-state index is 11.8. The molecule has 2 rings (SSSR count). The van der Waals surface area contributed by atoms with E-state index < -0.39 is 16.8 Å². The van der Waals surface area contributed by atoms with Crippen LogP contribution in [0, 0.1) is 10.1 Å². The molecule has 1 heterocycles. The molecule has 1 amide bonds. The predicted octanol–water partition coefficient (Wildman–Crippen LogP) is 1.78. The van der Waals surface area contributed by atoms with Crippen LogP contribution in [0.1, 0.15) is 10.4 Å². The van der Waals surface area contributed by atoms with Crippen molar-refractivity contribution in [2.45, 2.75) is 6.54 Å². The van der Waals surface area contributed by atoms with Gasteiger partial charge in [-0.25, -0.2) is 4.79 Å². The molecule has 1 aromatic carbocycles. The van der Waals surface area contributed by atoms with Crippen LogP contribution < -0.4 is 5.32 Å². The van der Waals surface area contributed by atoms with E-state index in [1.54, 1.807) is 0 Å². The number of hydrogen-bond acceptors (Lipinski definition) is 5. The SMILES string of the molecule is O=C(Cn1cc(C(=O)O)cn1)Nc1ccc(Cl)cc1[N+](=O)[O-]. The van der Waals surface area contributed by atoms with Crippen LogP contribution >= 0.6 is 11.6 Å². The van der Waals surface area contributed by atoms with Gasteiger partial charge >= 0.3 is 5.97 Å². The van der Waals surface area contributed by atoms with Crippen LogP contribution in [0.2, 0.25) is 5.02 Å². The van der Waals surface area contributed by atoms with Crippen LogP contribution in [0.4, 0.5) is 11.4 Å². The third-order valence-electron chi connectivity index (χ3n) is 2.62. The molecule has 0 unspecified atom stereocenters. The smallest absolute Gasteiger partial charge is 0.338 e. The average molecular weight is 325 g/mol. The normalized spacial score (nSPS) is 10.2. The topological polar surface area (TPSA) is 127 Å². The fourth-order valence-corrected chi connectivity index (χ4v) is 1.83. The van der Waals surface area contributed by atoms with Gasteiger partial charge in [0.05, 0.1) is 16.7 Å². The molecule has 0 aliphatic rings. The van der Waals surface area contributed by atoms with Crippen molar-refractivity contribution in [3.63, 3.8) is 0 Å². The highest BCUT2D eigenvalue weighted by Crippen LogP contribution is 2.27. The molecule has 0 aliphatic carbocycles. The Hall–Kier alpha value is -2.94. The van der Waals surface area contributed by atoms with Gasteiger partial charge in [0.2, 0.25) is 5.91 Å². The zero-order valence-electron chi connectivity index (χ0n) is 10.9. The lowest BCUT2D eigenvalue weighted by Gasteiger charge is -2.06. The Morgan fingerprint density at radius 3 is 2.77 bits per heavy atom. The van der Waals surface area contributed by atoms with Gasteiger partial charge in [-0.1, -0.05) is 11.6 Å². The van der Waals surface area contributed by atoms with Crippen molar-refractivity contribution in [2.75, 3.05) is 5.32 Å². The number of aromatic carboxylic acids is 1. The van der Waals surface area contributed by atoms with Gasteiger partial charge in [-0.15, -0.1) is 0 Å². The number of carboxylic acids is 1. The van der Waals surface area contributed by atoms with Crippen molar-refractivity contribution in [1.29, 1.82) is 0 Å². The Bertz CT molecular complexity index is 758. The molecule has 0 atom stereocenters. The minimum absolute atomic E-state index is 0.00925. The van der Waals surface area contributed by atoms with Crippen LogP contribution in [-0.4, -0.2) is 31.7 Å². The van der Waals surface area contributed by atoms with E-state index in [0.29, 0.717) is 0 Å². The summed E-state index contributed by atoms with van der Waals surface area (Å²) in [6, 6.07) is 3.83. The molecule has 22 heavy (non-hydrogen) atoms. The first-order valence-corrected chi connectivity index (χ1v) is 6.24. The van der Waals surface area contributed by atoms with Crippen LogP contribution in [-0.2, 0) is 11.3 Å². The number of nitro groups is 1. The van der Waals surface area contributed by atoms with Crippen LogP contribution in [0.15, 0.2) is 30.6 Å². The fourth-order valence-electron chi connectivity index (χ4n) is 1.66. The maximum Gasteiger partial charge on any atom is 0.338 e. The Labute approximate surface area is 128 Å². The largest absolute Gasteiger partial charge is 0.478 e. The number of nitrogens with zero attached hydrogens (tertiary/aromatic N) is 3. The van der Waals surface area contributed by atoms with Crippen molar-refractivity contribution in [3.05, 3.63) is 51.3 Å². The van der Waals surface area contributed by atoms with Gasteiger partial charge in [0, 0.05) is 17.3 Å². The molecule has 2 N–H and O–H groups in total. The molecule has 0 saturated heterocycles. The molecule has 0 aliphatic heterocycles. The van der Waals surface area contributed by atoms with E-state index in [4.69, 9.17) is 16.7 Å². The highest BCUT2D eigenvalue weighted by atomic mass is 35.5. The Morgan fingerprint density at radius 2 is 2.18 bits per heavy atom. The van der Waals surface area contributed by atoms with Gasteiger partial charge in [0.25, 0.3) is 5.69 Å². The summed E-state index contributed by atoms with van der Waals surface area (Å²) >= 11 is 5.67. The molecule has 114 valence electrons. The first-order chi connectivity index (χ1) is 10.4.